The van der Waals surface area contributed by atoms with Crippen LogP contribution < -0.4 is 0 Å². The molecule has 0 amide bonds. The highest BCUT2D eigenvalue weighted by Crippen LogP contribution is 2.24. The van der Waals surface area contributed by atoms with Crippen molar-refractivity contribution in [2.75, 3.05) is 0 Å². The van der Waals surface area contributed by atoms with Gasteiger partial charge in [-0.3, -0.25) is 0 Å². The summed E-state index contributed by atoms with van der Waals surface area (Å²) in [5, 5.41) is 9.36. The minimum absolute atomic E-state index is 0.299. The first-order chi connectivity index (χ1) is 8.65. The summed E-state index contributed by atoms with van der Waals surface area (Å²) in [6.45, 7) is 0. The van der Waals surface area contributed by atoms with E-state index in [-0.39, 0.29) is 0 Å². The average molecular weight is 280 g/mol. The van der Waals surface area contributed by atoms with E-state index in [4.69, 9.17) is 16.7 Å². The molecule has 1 N–H and O–H groups in total. The van der Waals surface area contributed by atoms with Gasteiger partial charge < -0.3 is 5.11 Å². The average Bonchev–Trinajstić information content (AvgIpc) is 2.37. The quantitative estimate of drug-likeness (QED) is 0.684. The van der Waals surface area contributed by atoms with Crippen LogP contribution in [0.5, 0.6) is 0 Å². The smallest absolute Gasteiger partial charge is 0.335 e. The molecule has 5 heteroatoms. The van der Waals surface area contributed by atoms with Crippen molar-refractivity contribution in [3.05, 3.63) is 58.9 Å². The lowest BCUT2D eigenvalue weighted by Crippen LogP contribution is -1.95. The van der Waals surface area contributed by atoms with Crippen molar-refractivity contribution < 1.29 is 9.90 Å². The van der Waals surface area contributed by atoms with Crippen LogP contribution in [0.2, 0.25) is 5.15 Å². The van der Waals surface area contributed by atoms with Gasteiger partial charge in [0.15, 0.2) is 0 Å². The van der Waals surface area contributed by atoms with Gasteiger partial charge in [-0.05, 0) is 35.9 Å². The fourth-order valence-corrected chi connectivity index (χ4v) is 2.51. The maximum absolute atomic E-state index is 10.8. The Morgan fingerprint density at radius 3 is 2.89 bits per heavy atom. The van der Waals surface area contributed by atoms with Crippen molar-refractivity contribution in [3.8, 4) is 0 Å². The largest absolute Gasteiger partial charge is 0.478 e. The maximum atomic E-state index is 10.8. The first-order valence-corrected chi connectivity index (χ1v) is 6.58. The number of rotatable bonds is 4. The summed E-state index contributed by atoms with van der Waals surface area (Å²) in [5.74, 6) is -0.185. The molecule has 0 aliphatic heterocycles. The van der Waals surface area contributed by atoms with Gasteiger partial charge in [0.1, 0.15) is 5.15 Å². The molecule has 0 unspecified atom stereocenters. The summed E-state index contributed by atoms with van der Waals surface area (Å²) in [4.78, 5) is 15.7. The fraction of sp³-hybridized carbons (Fsp3) is 0.0769. The predicted molar refractivity (Wildman–Crippen MR) is 72.2 cm³/mol. The molecule has 0 radical (unpaired) electrons. The van der Waals surface area contributed by atoms with E-state index in [0.717, 1.165) is 16.2 Å². The molecular formula is C13H10ClNO2S. The van der Waals surface area contributed by atoms with Crippen molar-refractivity contribution in [1.29, 1.82) is 0 Å². The predicted octanol–water partition coefficient (Wildman–Crippen LogP) is 3.73. The summed E-state index contributed by atoms with van der Waals surface area (Å²) >= 11 is 7.36. The van der Waals surface area contributed by atoms with E-state index in [9.17, 15) is 4.79 Å². The Hall–Kier alpha value is -1.52. The Kier molecular flexibility index (Phi) is 4.23. The first kappa shape index (κ1) is 12.9. The molecule has 92 valence electrons. The van der Waals surface area contributed by atoms with Crippen molar-refractivity contribution in [1.82, 2.24) is 4.98 Å². The second-order valence-electron chi connectivity index (χ2n) is 3.61. The lowest BCUT2D eigenvalue weighted by atomic mass is 10.2. The minimum Gasteiger partial charge on any atom is -0.478 e. The third-order valence-corrected chi connectivity index (χ3v) is 3.55. The van der Waals surface area contributed by atoms with Gasteiger partial charge in [0.05, 0.1) is 5.56 Å². The number of aromatic nitrogens is 1. The summed E-state index contributed by atoms with van der Waals surface area (Å²) in [6.07, 6.45) is 1.66. The molecule has 1 heterocycles. The second kappa shape index (κ2) is 5.89. The number of carboxylic acids is 1. The molecular weight excluding hydrogens is 270 g/mol. The number of carbonyl (C=O) groups is 1. The topological polar surface area (TPSA) is 50.2 Å². The number of aromatic carboxylic acids is 1. The lowest BCUT2D eigenvalue weighted by Gasteiger charge is -2.03. The van der Waals surface area contributed by atoms with E-state index in [0.29, 0.717) is 10.7 Å². The van der Waals surface area contributed by atoms with E-state index in [1.54, 1.807) is 42.2 Å². The van der Waals surface area contributed by atoms with Crippen LogP contribution in [-0.2, 0) is 5.75 Å². The Morgan fingerprint density at radius 1 is 1.33 bits per heavy atom. The highest BCUT2D eigenvalue weighted by atomic mass is 35.5. The second-order valence-corrected chi connectivity index (χ2v) is 5.04. The zero-order chi connectivity index (χ0) is 13.0. The van der Waals surface area contributed by atoms with E-state index < -0.39 is 5.97 Å². The Balaban J connectivity index is 2.06. The summed E-state index contributed by atoms with van der Waals surface area (Å²) in [5.41, 5.74) is 1.36. The molecule has 0 saturated heterocycles. The van der Waals surface area contributed by atoms with E-state index >= 15 is 0 Å². The third kappa shape index (κ3) is 3.48. The summed E-state index contributed by atoms with van der Waals surface area (Å²) < 4.78 is 0. The zero-order valence-electron chi connectivity index (χ0n) is 9.34. The molecule has 18 heavy (non-hydrogen) atoms. The fourth-order valence-electron chi connectivity index (χ4n) is 1.42. The standard InChI is InChI=1S/C13H10ClNO2S/c14-12-6-9(4-5-15-12)8-18-11-3-1-2-10(7-11)13(16)17/h1-7H,8H2,(H,16,17). The number of hydrogen-bond donors (Lipinski definition) is 1. The van der Waals surface area contributed by atoms with Gasteiger partial charge in [-0.1, -0.05) is 17.7 Å². The molecule has 0 spiro atoms. The SMILES string of the molecule is O=C(O)c1cccc(SCc2ccnc(Cl)c2)c1. The number of carboxylic acid groups (broad SMARTS) is 1. The number of nitrogens with zero attached hydrogens (tertiary/aromatic N) is 1. The van der Waals surface area contributed by atoms with Crippen LogP contribution >= 0.6 is 23.4 Å². The summed E-state index contributed by atoms with van der Waals surface area (Å²) in [7, 11) is 0. The molecule has 0 atom stereocenters. The number of halogens is 1. The number of thioether (sulfide) groups is 1. The maximum Gasteiger partial charge on any atom is 0.335 e. The number of hydrogen-bond acceptors (Lipinski definition) is 3. The Morgan fingerprint density at radius 2 is 2.17 bits per heavy atom. The summed E-state index contributed by atoms with van der Waals surface area (Å²) in [6, 6.07) is 10.6. The van der Waals surface area contributed by atoms with E-state index in [1.165, 1.54) is 0 Å². The van der Waals surface area contributed by atoms with Crippen LogP contribution in [0, 0.1) is 0 Å². The number of pyridine rings is 1. The van der Waals surface area contributed by atoms with Crippen LogP contribution in [0.3, 0.4) is 0 Å². The van der Waals surface area contributed by atoms with Crippen molar-refractivity contribution >= 4 is 29.3 Å². The Labute approximate surface area is 114 Å². The molecule has 0 aliphatic rings. The molecule has 1 aromatic carbocycles. The molecule has 3 nitrogen and oxygen atoms in total. The van der Waals surface area contributed by atoms with Crippen LogP contribution in [0.4, 0.5) is 0 Å². The Bertz CT molecular complexity index is 574. The van der Waals surface area contributed by atoms with Gasteiger partial charge in [-0.15, -0.1) is 11.8 Å². The molecule has 1 aromatic heterocycles. The van der Waals surface area contributed by atoms with Gasteiger partial charge >= 0.3 is 5.97 Å². The molecule has 0 saturated carbocycles. The van der Waals surface area contributed by atoms with Gasteiger partial charge in [-0.2, -0.15) is 0 Å². The zero-order valence-corrected chi connectivity index (χ0v) is 10.9. The van der Waals surface area contributed by atoms with Gasteiger partial charge in [-0.25, -0.2) is 9.78 Å². The first-order valence-electron chi connectivity index (χ1n) is 5.22. The van der Waals surface area contributed by atoms with Crippen molar-refractivity contribution in [2.45, 2.75) is 10.6 Å². The highest BCUT2D eigenvalue weighted by Gasteiger charge is 2.04. The third-order valence-electron chi connectivity index (χ3n) is 2.28. The normalized spacial score (nSPS) is 10.3. The van der Waals surface area contributed by atoms with Gasteiger partial charge in [0, 0.05) is 16.8 Å². The molecule has 0 bridgehead atoms. The van der Waals surface area contributed by atoms with Crippen LogP contribution in [-0.4, -0.2) is 16.1 Å². The molecule has 0 aliphatic carbocycles. The van der Waals surface area contributed by atoms with E-state index in [2.05, 4.69) is 4.98 Å². The van der Waals surface area contributed by atoms with E-state index in [1.807, 2.05) is 12.1 Å². The minimum atomic E-state index is -0.913. The van der Waals surface area contributed by atoms with Crippen LogP contribution in [0.1, 0.15) is 15.9 Å². The lowest BCUT2D eigenvalue weighted by molar-refractivity contribution is 0.0696. The molecule has 2 rings (SSSR count). The monoisotopic (exact) mass is 279 g/mol. The van der Waals surface area contributed by atoms with Crippen LogP contribution in [0.15, 0.2) is 47.5 Å². The van der Waals surface area contributed by atoms with Crippen LogP contribution in [0.25, 0.3) is 0 Å². The van der Waals surface area contributed by atoms with Gasteiger partial charge in [0.2, 0.25) is 0 Å². The van der Waals surface area contributed by atoms with Gasteiger partial charge in [0.25, 0.3) is 0 Å². The molecule has 2 aromatic rings. The molecule has 0 fully saturated rings. The number of benzene rings is 1. The highest BCUT2D eigenvalue weighted by molar-refractivity contribution is 7.98. The van der Waals surface area contributed by atoms with Crippen molar-refractivity contribution in [3.63, 3.8) is 0 Å². The van der Waals surface area contributed by atoms with Crippen molar-refractivity contribution in [2.24, 2.45) is 0 Å².